The number of rotatable bonds is 5. The Labute approximate surface area is 118 Å². The van der Waals surface area contributed by atoms with Gasteiger partial charge in [-0.3, -0.25) is 0 Å². The molecule has 0 amide bonds. The van der Waals surface area contributed by atoms with Gasteiger partial charge in [-0.25, -0.2) is 0 Å². The maximum atomic E-state index is 3.45. The molecule has 1 saturated heterocycles. The number of anilines is 1. The molecule has 0 radical (unpaired) electrons. The van der Waals surface area contributed by atoms with Crippen molar-refractivity contribution < 1.29 is 0 Å². The van der Waals surface area contributed by atoms with E-state index in [0.29, 0.717) is 0 Å². The first-order valence-electron chi connectivity index (χ1n) is 7.73. The second-order valence-electron chi connectivity index (χ2n) is 6.19. The van der Waals surface area contributed by atoms with Crippen LogP contribution in [-0.2, 0) is 6.54 Å². The molecule has 0 spiro atoms. The summed E-state index contributed by atoms with van der Waals surface area (Å²) in [6, 6.07) is 9.10. The largest absolute Gasteiger partial charge is 0.371 e. The third-order valence-corrected chi connectivity index (χ3v) is 3.93. The molecule has 2 unspecified atom stereocenters. The van der Waals surface area contributed by atoms with Crippen LogP contribution in [0, 0.1) is 11.8 Å². The average Bonchev–Trinajstić information content (AvgIpc) is 2.39. The Morgan fingerprint density at radius 1 is 1.11 bits per heavy atom. The highest BCUT2D eigenvalue weighted by Crippen LogP contribution is 2.26. The summed E-state index contributed by atoms with van der Waals surface area (Å²) in [5.74, 6) is 1.63. The highest BCUT2D eigenvalue weighted by Gasteiger charge is 2.21. The summed E-state index contributed by atoms with van der Waals surface area (Å²) in [4.78, 5) is 2.54. The maximum Gasteiger partial charge on any atom is 0.0366 e. The lowest BCUT2D eigenvalue weighted by Crippen LogP contribution is -2.38. The van der Waals surface area contributed by atoms with Crippen LogP contribution in [0.5, 0.6) is 0 Å². The van der Waals surface area contributed by atoms with Gasteiger partial charge in [-0.2, -0.15) is 0 Å². The smallest absolute Gasteiger partial charge is 0.0366 e. The molecule has 2 rings (SSSR count). The van der Waals surface area contributed by atoms with Crippen molar-refractivity contribution in [3.63, 3.8) is 0 Å². The van der Waals surface area contributed by atoms with E-state index in [1.54, 1.807) is 0 Å². The van der Waals surface area contributed by atoms with E-state index >= 15 is 0 Å². The van der Waals surface area contributed by atoms with E-state index in [1.807, 2.05) is 0 Å². The molecule has 2 nitrogen and oxygen atoms in total. The SMILES string of the molecule is CCCNCc1ccc(N2CC(C)CC(C)C2)cc1. The quantitative estimate of drug-likeness (QED) is 0.813. The van der Waals surface area contributed by atoms with Crippen molar-refractivity contribution in [3.05, 3.63) is 29.8 Å². The molecule has 1 aliphatic heterocycles. The van der Waals surface area contributed by atoms with Crippen LogP contribution in [0.25, 0.3) is 0 Å². The zero-order valence-corrected chi connectivity index (χ0v) is 12.7. The van der Waals surface area contributed by atoms with E-state index in [2.05, 4.69) is 55.3 Å². The third kappa shape index (κ3) is 4.24. The number of hydrogen-bond acceptors (Lipinski definition) is 2. The van der Waals surface area contributed by atoms with Crippen molar-refractivity contribution in [3.8, 4) is 0 Å². The van der Waals surface area contributed by atoms with Crippen molar-refractivity contribution >= 4 is 5.69 Å². The monoisotopic (exact) mass is 260 g/mol. The fraction of sp³-hybridized carbons (Fsp3) is 0.647. The molecule has 2 heteroatoms. The van der Waals surface area contributed by atoms with Gasteiger partial charge in [0.2, 0.25) is 0 Å². The number of benzene rings is 1. The molecule has 0 saturated carbocycles. The molecule has 0 bridgehead atoms. The predicted octanol–water partition coefficient (Wildman–Crippen LogP) is 3.67. The molecule has 1 N–H and O–H groups in total. The topological polar surface area (TPSA) is 15.3 Å². The van der Waals surface area contributed by atoms with Crippen LogP contribution in [-0.4, -0.2) is 19.6 Å². The van der Waals surface area contributed by atoms with E-state index in [9.17, 15) is 0 Å². The van der Waals surface area contributed by atoms with Gasteiger partial charge in [-0.05, 0) is 48.9 Å². The Bertz CT molecular complexity index is 361. The first kappa shape index (κ1) is 14.4. The number of hydrogen-bond donors (Lipinski definition) is 1. The minimum absolute atomic E-state index is 0.814. The van der Waals surface area contributed by atoms with Crippen LogP contribution in [0.3, 0.4) is 0 Å². The lowest BCUT2D eigenvalue weighted by Gasteiger charge is -2.36. The summed E-state index contributed by atoms with van der Waals surface area (Å²) < 4.78 is 0. The van der Waals surface area contributed by atoms with Crippen molar-refractivity contribution in [2.75, 3.05) is 24.5 Å². The first-order chi connectivity index (χ1) is 9.19. The van der Waals surface area contributed by atoms with Gasteiger partial charge >= 0.3 is 0 Å². The lowest BCUT2D eigenvalue weighted by molar-refractivity contribution is 0.357. The van der Waals surface area contributed by atoms with Crippen molar-refractivity contribution in [2.45, 2.75) is 40.2 Å². The predicted molar refractivity (Wildman–Crippen MR) is 83.6 cm³/mol. The number of nitrogens with zero attached hydrogens (tertiary/aromatic N) is 1. The van der Waals surface area contributed by atoms with Gasteiger partial charge < -0.3 is 10.2 Å². The van der Waals surface area contributed by atoms with Gasteiger partial charge in [0.15, 0.2) is 0 Å². The molecule has 1 aromatic rings. The second kappa shape index (κ2) is 6.95. The van der Waals surface area contributed by atoms with Crippen LogP contribution >= 0.6 is 0 Å². The Hall–Kier alpha value is -1.02. The Balaban J connectivity index is 1.93. The first-order valence-corrected chi connectivity index (χ1v) is 7.73. The standard InChI is InChI=1S/C17H28N2/c1-4-9-18-11-16-5-7-17(8-6-16)19-12-14(2)10-15(3)13-19/h5-8,14-15,18H,4,9-13H2,1-3H3. The Morgan fingerprint density at radius 3 is 2.32 bits per heavy atom. The second-order valence-corrected chi connectivity index (χ2v) is 6.19. The van der Waals surface area contributed by atoms with Gasteiger partial charge in [-0.1, -0.05) is 32.9 Å². The molecule has 106 valence electrons. The van der Waals surface area contributed by atoms with Crippen molar-refractivity contribution in [2.24, 2.45) is 11.8 Å². The van der Waals surface area contributed by atoms with Crippen LogP contribution < -0.4 is 10.2 Å². The maximum absolute atomic E-state index is 3.45. The Kier molecular flexibility index (Phi) is 5.26. The normalized spacial score (nSPS) is 23.6. The summed E-state index contributed by atoms with van der Waals surface area (Å²) in [6.45, 7) is 11.4. The van der Waals surface area contributed by atoms with Gasteiger partial charge in [0.05, 0.1) is 0 Å². The summed E-state index contributed by atoms with van der Waals surface area (Å²) in [6.07, 6.45) is 2.57. The van der Waals surface area contributed by atoms with E-state index in [0.717, 1.165) is 24.9 Å². The van der Waals surface area contributed by atoms with Crippen LogP contribution in [0.4, 0.5) is 5.69 Å². The third-order valence-electron chi connectivity index (χ3n) is 3.93. The van der Waals surface area contributed by atoms with Crippen LogP contribution in [0.1, 0.15) is 39.2 Å². The number of nitrogens with one attached hydrogen (secondary N) is 1. The molecule has 0 aromatic heterocycles. The Morgan fingerprint density at radius 2 is 1.74 bits per heavy atom. The molecule has 0 aliphatic carbocycles. The van der Waals surface area contributed by atoms with Gasteiger partial charge in [0.1, 0.15) is 0 Å². The molecule has 2 atom stereocenters. The zero-order chi connectivity index (χ0) is 13.7. The van der Waals surface area contributed by atoms with E-state index in [4.69, 9.17) is 0 Å². The zero-order valence-electron chi connectivity index (χ0n) is 12.7. The minimum atomic E-state index is 0.814. The van der Waals surface area contributed by atoms with Crippen LogP contribution in [0.2, 0.25) is 0 Å². The van der Waals surface area contributed by atoms with Gasteiger partial charge in [-0.15, -0.1) is 0 Å². The molecule has 1 aromatic carbocycles. The molecule has 1 heterocycles. The van der Waals surface area contributed by atoms with Crippen molar-refractivity contribution in [1.29, 1.82) is 0 Å². The molecule has 1 aliphatic rings. The highest BCUT2D eigenvalue weighted by molar-refractivity contribution is 5.48. The van der Waals surface area contributed by atoms with Crippen molar-refractivity contribution in [1.82, 2.24) is 5.32 Å². The fourth-order valence-corrected chi connectivity index (χ4v) is 3.11. The molecule has 19 heavy (non-hydrogen) atoms. The minimum Gasteiger partial charge on any atom is -0.371 e. The molecular formula is C17H28N2. The van der Waals surface area contributed by atoms with Gasteiger partial charge in [0.25, 0.3) is 0 Å². The summed E-state index contributed by atoms with van der Waals surface area (Å²) in [5.41, 5.74) is 2.77. The van der Waals surface area contributed by atoms with E-state index < -0.39 is 0 Å². The summed E-state index contributed by atoms with van der Waals surface area (Å²) in [5, 5.41) is 3.45. The lowest BCUT2D eigenvalue weighted by atomic mass is 9.91. The highest BCUT2D eigenvalue weighted by atomic mass is 15.1. The number of piperidine rings is 1. The van der Waals surface area contributed by atoms with E-state index in [-0.39, 0.29) is 0 Å². The molecular weight excluding hydrogens is 232 g/mol. The summed E-state index contributed by atoms with van der Waals surface area (Å²) >= 11 is 0. The van der Waals surface area contributed by atoms with Gasteiger partial charge in [0, 0.05) is 25.3 Å². The fourth-order valence-electron chi connectivity index (χ4n) is 3.11. The average molecular weight is 260 g/mol. The summed E-state index contributed by atoms with van der Waals surface area (Å²) in [7, 11) is 0. The van der Waals surface area contributed by atoms with Crippen LogP contribution in [0.15, 0.2) is 24.3 Å². The van der Waals surface area contributed by atoms with E-state index in [1.165, 1.54) is 37.2 Å². The molecule has 1 fully saturated rings.